The van der Waals surface area contributed by atoms with Crippen LogP contribution in [0.3, 0.4) is 0 Å². The number of carbonyl (C=O) groups is 3. The minimum Gasteiger partial charge on any atom is -0.493 e. The molecule has 0 aliphatic carbocycles. The molecule has 3 amide bonds. The molecular formula is C17H25N3O5. The number of hydrogen-bond donors (Lipinski definition) is 4. The predicted molar refractivity (Wildman–Crippen MR) is 93.4 cm³/mol. The normalized spacial score (nSPS) is 10.8. The highest BCUT2D eigenvalue weighted by molar-refractivity contribution is 5.89. The van der Waals surface area contributed by atoms with E-state index in [1.165, 1.54) is 0 Å². The van der Waals surface area contributed by atoms with Crippen molar-refractivity contribution in [3.05, 3.63) is 24.3 Å². The first kappa shape index (κ1) is 20.3. The number of rotatable bonds is 10. The standard InChI is InChI=1S/C17H25N3O5/c1-3-17(4-2,15(22)23)11-19-16(24)20-12-5-7-13(8-6-12)25-10-9-14(18)21/h5-8H,3-4,9-11H2,1-2H3,(H2,18,21)(H,22,23)(H2,19,20,24). The van der Waals surface area contributed by atoms with E-state index < -0.39 is 23.3 Å². The van der Waals surface area contributed by atoms with Crippen molar-refractivity contribution >= 4 is 23.6 Å². The van der Waals surface area contributed by atoms with Gasteiger partial charge >= 0.3 is 12.0 Å². The number of nitrogens with one attached hydrogen (secondary N) is 2. The van der Waals surface area contributed by atoms with Crippen molar-refractivity contribution in [1.29, 1.82) is 0 Å². The number of carbonyl (C=O) groups excluding carboxylic acids is 2. The average Bonchev–Trinajstić information content (AvgIpc) is 2.57. The number of ether oxygens (including phenoxy) is 1. The third-order valence-corrected chi connectivity index (χ3v) is 4.12. The van der Waals surface area contributed by atoms with E-state index in [9.17, 15) is 19.5 Å². The van der Waals surface area contributed by atoms with Gasteiger partial charge in [0.05, 0.1) is 18.4 Å². The van der Waals surface area contributed by atoms with E-state index in [1.807, 2.05) is 0 Å². The van der Waals surface area contributed by atoms with Crippen LogP contribution >= 0.6 is 0 Å². The number of anilines is 1. The molecule has 8 nitrogen and oxygen atoms in total. The Hall–Kier alpha value is -2.77. The zero-order valence-electron chi connectivity index (χ0n) is 14.5. The lowest BCUT2D eigenvalue weighted by Crippen LogP contribution is -2.43. The van der Waals surface area contributed by atoms with Gasteiger partial charge in [0, 0.05) is 12.2 Å². The number of nitrogens with two attached hydrogens (primary N) is 1. The number of benzene rings is 1. The first-order valence-electron chi connectivity index (χ1n) is 8.12. The van der Waals surface area contributed by atoms with Crippen LogP contribution in [0.15, 0.2) is 24.3 Å². The monoisotopic (exact) mass is 351 g/mol. The van der Waals surface area contributed by atoms with Gasteiger partial charge in [-0.3, -0.25) is 9.59 Å². The summed E-state index contributed by atoms with van der Waals surface area (Å²) in [5.41, 5.74) is 4.60. The van der Waals surface area contributed by atoms with Crippen LogP contribution in [0.2, 0.25) is 0 Å². The fourth-order valence-electron chi connectivity index (χ4n) is 2.21. The smallest absolute Gasteiger partial charge is 0.319 e. The van der Waals surface area contributed by atoms with Gasteiger partial charge in [-0.1, -0.05) is 13.8 Å². The van der Waals surface area contributed by atoms with E-state index in [4.69, 9.17) is 10.5 Å². The van der Waals surface area contributed by atoms with Crippen LogP contribution in [0.1, 0.15) is 33.1 Å². The van der Waals surface area contributed by atoms with Gasteiger partial charge in [0.25, 0.3) is 0 Å². The number of primary amides is 1. The quantitative estimate of drug-likeness (QED) is 0.512. The SMILES string of the molecule is CCC(CC)(CNC(=O)Nc1ccc(OCCC(N)=O)cc1)C(=O)O. The summed E-state index contributed by atoms with van der Waals surface area (Å²) in [5, 5.41) is 14.6. The summed E-state index contributed by atoms with van der Waals surface area (Å²) in [6.07, 6.45) is 0.982. The maximum absolute atomic E-state index is 11.9. The molecule has 0 aliphatic heterocycles. The van der Waals surface area contributed by atoms with Crippen molar-refractivity contribution in [3.8, 4) is 5.75 Å². The van der Waals surface area contributed by atoms with Crippen molar-refractivity contribution in [2.75, 3.05) is 18.5 Å². The Morgan fingerprint density at radius 1 is 1.16 bits per heavy atom. The Balaban J connectivity index is 2.51. The van der Waals surface area contributed by atoms with Gasteiger partial charge in [-0.2, -0.15) is 0 Å². The molecule has 5 N–H and O–H groups in total. The molecule has 0 heterocycles. The second-order valence-electron chi connectivity index (χ2n) is 5.69. The molecule has 0 aliphatic rings. The van der Waals surface area contributed by atoms with Gasteiger partial charge < -0.3 is 26.2 Å². The van der Waals surface area contributed by atoms with Crippen LogP contribution in [0.4, 0.5) is 10.5 Å². The molecule has 0 saturated heterocycles. The summed E-state index contributed by atoms with van der Waals surface area (Å²) < 4.78 is 5.33. The van der Waals surface area contributed by atoms with Gasteiger partial charge in [0.1, 0.15) is 5.75 Å². The lowest BCUT2D eigenvalue weighted by molar-refractivity contribution is -0.149. The van der Waals surface area contributed by atoms with Crippen molar-refractivity contribution in [2.45, 2.75) is 33.1 Å². The molecule has 8 heteroatoms. The Morgan fingerprint density at radius 2 is 1.76 bits per heavy atom. The summed E-state index contributed by atoms with van der Waals surface area (Å²) in [6.45, 7) is 3.81. The summed E-state index contributed by atoms with van der Waals surface area (Å²) in [4.78, 5) is 34.0. The maximum atomic E-state index is 11.9. The van der Waals surface area contributed by atoms with E-state index in [1.54, 1.807) is 38.1 Å². The van der Waals surface area contributed by atoms with E-state index in [0.717, 1.165) is 0 Å². The number of carboxylic acids is 1. The fraction of sp³-hybridized carbons (Fsp3) is 0.471. The van der Waals surface area contributed by atoms with Crippen LogP contribution in [0, 0.1) is 5.41 Å². The summed E-state index contributed by atoms with van der Waals surface area (Å²) >= 11 is 0. The molecule has 1 rings (SSSR count). The molecule has 0 saturated carbocycles. The second-order valence-corrected chi connectivity index (χ2v) is 5.69. The second kappa shape index (κ2) is 9.51. The number of carboxylic acid groups (broad SMARTS) is 1. The van der Waals surface area contributed by atoms with Crippen molar-refractivity contribution in [2.24, 2.45) is 11.1 Å². The summed E-state index contributed by atoms with van der Waals surface area (Å²) in [5.74, 6) is -0.809. The minimum atomic E-state index is -0.963. The van der Waals surface area contributed by atoms with Crippen LogP contribution in [-0.4, -0.2) is 36.2 Å². The fourth-order valence-corrected chi connectivity index (χ4v) is 2.21. The van der Waals surface area contributed by atoms with Gasteiger partial charge in [-0.25, -0.2) is 4.79 Å². The Kier molecular flexibility index (Phi) is 7.71. The molecule has 138 valence electrons. The highest BCUT2D eigenvalue weighted by atomic mass is 16.5. The first-order valence-corrected chi connectivity index (χ1v) is 8.12. The zero-order chi connectivity index (χ0) is 18.9. The Morgan fingerprint density at radius 3 is 2.24 bits per heavy atom. The lowest BCUT2D eigenvalue weighted by Gasteiger charge is -2.26. The van der Waals surface area contributed by atoms with Gasteiger partial charge in [0.15, 0.2) is 0 Å². The molecule has 0 fully saturated rings. The van der Waals surface area contributed by atoms with E-state index in [2.05, 4.69) is 10.6 Å². The molecule has 1 aromatic rings. The van der Waals surface area contributed by atoms with Gasteiger partial charge in [0.2, 0.25) is 5.91 Å². The molecule has 0 unspecified atom stereocenters. The van der Waals surface area contributed by atoms with Crippen LogP contribution in [0.25, 0.3) is 0 Å². The summed E-state index contributed by atoms with van der Waals surface area (Å²) in [7, 11) is 0. The molecule has 25 heavy (non-hydrogen) atoms. The molecular weight excluding hydrogens is 326 g/mol. The van der Waals surface area contributed by atoms with Gasteiger partial charge in [-0.05, 0) is 37.1 Å². The average molecular weight is 351 g/mol. The van der Waals surface area contributed by atoms with E-state index in [-0.39, 0.29) is 19.6 Å². The highest BCUT2D eigenvalue weighted by Crippen LogP contribution is 2.25. The van der Waals surface area contributed by atoms with Crippen molar-refractivity contribution in [1.82, 2.24) is 5.32 Å². The Labute approximate surface area is 146 Å². The number of amides is 3. The third-order valence-electron chi connectivity index (χ3n) is 4.12. The first-order chi connectivity index (χ1) is 11.8. The Bertz CT molecular complexity index is 597. The molecule has 0 bridgehead atoms. The molecule has 1 aromatic carbocycles. The summed E-state index contributed by atoms with van der Waals surface area (Å²) in [6, 6.07) is 6.11. The number of aliphatic carboxylic acids is 1. The zero-order valence-corrected chi connectivity index (χ0v) is 14.5. The predicted octanol–water partition coefficient (Wildman–Crippen LogP) is 1.95. The van der Waals surface area contributed by atoms with Gasteiger partial charge in [-0.15, -0.1) is 0 Å². The molecule has 0 atom stereocenters. The number of hydrogen-bond acceptors (Lipinski definition) is 4. The number of urea groups is 1. The van der Waals surface area contributed by atoms with E-state index in [0.29, 0.717) is 24.3 Å². The van der Waals surface area contributed by atoms with Crippen LogP contribution in [-0.2, 0) is 9.59 Å². The van der Waals surface area contributed by atoms with Crippen LogP contribution in [0.5, 0.6) is 5.75 Å². The van der Waals surface area contributed by atoms with Crippen LogP contribution < -0.4 is 21.1 Å². The minimum absolute atomic E-state index is 0.0511. The lowest BCUT2D eigenvalue weighted by atomic mass is 9.82. The van der Waals surface area contributed by atoms with Crippen molar-refractivity contribution in [3.63, 3.8) is 0 Å². The highest BCUT2D eigenvalue weighted by Gasteiger charge is 2.35. The maximum Gasteiger partial charge on any atom is 0.319 e. The van der Waals surface area contributed by atoms with Crippen molar-refractivity contribution < 1.29 is 24.2 Å². The largest absolute Gasteiger partial charge is 0.493 e. The molecule has 0 spiro atoms. The third kappa shape index (κ3) is 6.33. The topological polar surface area (TPSA) is 131 Å². The molecule has 0 aromatic heterocycles. The molecule has 0 radical (unpaired) electrons. The van der Waals surface area contributed by atoms with E-state index >= 15 is 0 Å².